The third-order valence-electron chi connectivity index (χ3n) is 3.22. The smallest absolute Gasteiger partial charge is 0.351 e. The van der Waals surface area contributed by atoms with Crippen LogP contribution >= 0.6 is 0 Å². The number of ether oxygens (including phenoxy) is 2. The summed E-state index contributed by atoms with van der Waals surface area (Å²) in [7, 11) is 1.44. The van der Waals surface area contributed by atoms with E-state index in [4.69, 9.17) is 15.2 Å². The van der Waals surface area contributed by atoms with Crippen LogP contribution in [0, 0.1) is 0 Å². The number of anilines is 1. The van der Waals surface area contributed by atoms with E-state index in [2.05, 4.69) is 4.98 Å². The number of hydrogen-bond acceptors (Lipinski definition) is 7. The largest absolute Gasteiger partial charge is 0.393 e. The number of aromatic nitrogens is 2. The maximum atomic E-state index is 11.7. The van der Waals surface area contributed by atoms with Gasteiger partial charge < -0.3 is 25.4 Å². The summed E-state index contributed by atoms with van der Waals surface area (Å²) in [4.78, 5) is 15.3. The van der Waals surface area contributed by atoms with Crippen LogP contribution in [-0.2, 0) is 9.47 Å². The highest BCUT2D eigenvalue weighted by molar-refractivity contribution is 5.23. The first-order chi connectivity index (χ1) is 9.02. The first-order valence-electron chi connectivity index (χ1n) is 5.83. The first-order valence-corrected chi connectivity index (χ1v) is 5.83. The molecule has 4 N–H and O–H groups in total. The maximum Gasteiger partial charge on any atom is 0.351 e. The summed E-state index contributed by atoms with van der Waals surface area (Å²) in [6.45, 7) is -0.381. The van der Waals surface area contributed by atoms with Crippen LogP contribution in [0.1, 0.15) is 12.6 Å². The second kappa shape index (κ2) is 5.25. The second-order valence-corrected chi connectivity index (χ2v) is 4.52. The number of aliphatic hydroxyl groups is 2. The van der Waals surface area contributed by atoms with E-state index in [1.807, 2.05) is 0 Å². The summed E-state index contributed by atoms with van der Waals surface area (Å²) in [6, 6.07) is 1.46. The fourth-order valence-corrected chi connectivity index (χ4v) is 2.18. The molecule has 1 aromatic heterocycles. The van der Waals surface area contributed by atoms with Crippen molar-refractivity contribution in [3.63, 3.8) is 0 Å². The van der Waals surface area contributed by atoms with Crippen LogP contribution in [0.5, 0.6) is 0 Å². The molecule has 8 nitrogen and oxygen atoms in total. The summed E-state index contributed by atoms with van der Waals surface area (Å²) in [6.07, 6.45) is -0.0395. The fraction of sp³-hybridized carbons (Fsp3) is 0.636. The van der Waals surface area contributed by atoms with Gasteiger partial charge in [-0.15, -0.1) is 0 Å². The maximum absolute atomic E-state index is 11.7. The van der Waals surface area contributed by atoms with Gasteiger partial charge in [0.05, 0.1) is 19.3 Å². The Balaban J connectivity index is 2.27. The van der Waals surface area contributed by atoms with E-state index < -0.39 is 30.2 Å². The third-order valence-corrected chi connectivity index (χ3v) is 3.22. The number of nitrogens with two attached hydrogens (primary N) is 1. The predicted octanol–water partition coefficient (Wildman–Crippen LogP) is -1.52. The van der Waals surface area contributed by atoms with Gasteiger partial charge in [-0.05, 0) is 6.07 Å². The van der Waals surface area contributed by atoms with Crippen molar-refractivity contribution in [2.45, 2.75) is 24.4 Å². The van der Waals surface area contributed by atoms with Gasteiger partial charge in [-0.2, -0.15) is 4.98 Å². The van der Waals surface area contributed by atoms with E-state index in [9.17, 15) is 15.0 Å². The van der Waals surface area contributed by atoms with Crippen LogP contribution in [0.15, 0.2) is 17.1 Å². The summed E-state index contributed by atoms with van der Waals surface area (Å²) in [5.41, 5.74) is 3.62. The molecule has 1 aliphatic heterocycles. The lowest BCUT2D eigenvalue weighted by atomic mass is 9.99. The summed E-state index contributed by atoms with van der Waals surface area (Å²) in [5, 5.41) is 19.4. The van der Waals surface area contributed by atoms with E-state index in [1.54, 1.807) is 0 Å². The minimum atomic E-state index is -1.22. The van der Waals surface area contributed by atoms with Gasteiger partial charge in [-0.25, -0.2) is 4.79 Å². The van der Waals surface area contributed by atoms with Crippen molar-refractivity contribution in [3.8, 4) is 0 Å². The van der Waals surface area contributed by atoms with Crippen molar-refractivity contribution < 1.29 is 19.7 Å². The van der Waals surface area contributed by atoms with E-state index >= 15 is 0 Å². The quantitative estimate of drug-likeness (QED) is 0.608. The molecule has 0 spiro atoms. The van der Waals surface area contributed by atoms with Crippen LogP contribution in [0.25, 0.3) is 0 Å². The Labute approximate surface area is 109 Å². The van der Waals surface area contributed by atoms with Crippen LogP contribution in [0.2, 0.25) is 0 Å². The Morgan fingerprint density at radius 3 is 3.05 bits per heavy atom. The molecule has 0 bridgehead atoms. The number of nitrogens with zero attached hydrogens (tertiary/aromatic N) is 2. The Morgan fingerprint density at radius 2 is 2.47 bits per heavy atom. The van der Waals surface area contributed by atoms with Gasteiger partial charge in [-0.3, -0.25) is 4.57 Å². The molecule has 3 unspecified atom stereocenters. The van der Waals surface area contributed by atoms with Gasteiger partial charge in [-0.1, -0.05) is 0 Å². The lowest BCUT2D eigenvalue weighted by molar-refractivity contribution is -0.156. The monoisotopic (exact) mass is 271 g/mol. The van der Waals surface area contributed by atoms with Gasteiger partial charge in [0.2, 0.25) is 0 Å². The van der Waals surface area contributed by atoms with Gasteiger partial charge in [0.15, 0.2) is 0 Å². The SMILES string of the molecule is COCC1(CO)OC(n2ccc(N)nc2=O)CC1O. The number of rotatable bonds is 4. The summed E-state index contributed by atoms with van der Waals surface area (Å²) < 4.78 is 11.8. The minimum Gasteiger partial charge on any atom is -0.393 e. The van der Waals surface area contributed by atoms with Crippen molar-refractivity contribution in [3.05, 3.63) is 22.7 Å². The highest BCUT2D eigenvalue weighted by Gasteiger charge is 2.48. The van der Waals surface area contributed by atoms with Crippen LogP contribution < -0.4 is 11.4 Å². The fourth-order valence-electron chi connectivity index (χ4n) is 2.18. The molecule has 3 atom stereocenters. The van der Waals surface area contributed by atoms with E-state index in [-0.39, 0.29) is 18.8 Å². The molecule has 1 aliphatic rings. The van der Waals surface area contributed by atoms with Crippen molar-refractivity contribution in [1.29, 1.82) is 0 Å². The minimum absolute atomic E-state index is 0.0261. The van der Waals surface area contributed by atoms with Gasteiger partial charge in [0.25, 0.3) is 0 Å². The number of nitrogen functional groups attached to an aromatic ring is 1. The number of hydrogen-bond donors (Lipinski definition) is 3. The van der Waals surface area contributed by atoms with Gasteiger partial charge in [0, 0.05) is 19.7 Å². The second-order valence-electron chi connectivity index (χ2n) is 4.52. The van der Waals surface area contributed by atoms with Crippen LogP contribution in [0.4, 0.5) is 5.82 Å². The highest BCUT2D eigenvalue weighted by atomic mass is 16.6. The van der Waals surface area contributed by atoms with Gasteiger partial charge in [0.1, 0.15) is 17.6 Å². The number of aliphatic hydroxyl groups excluding tert-OH is 2. The molecule has 1 saturated heterocycles. The zero-order valence-electron chi connectivity index (χ0n) is 10.5. The molecule has 106 valence electrons. The average Bonchev–Trinajstić information content (AvgIpc) is 2.67. The molecule has 0 radical (unpaired) electrons. The summed E-state index contributed by atoms with van der Waals surface area (Å²) in [5.74, 6) is 0.116. The molecule has 1 fully saturated rings. The standard InChI is InChI=1S/C11H17N3O5/c1-18-6-11(5-15)7(16)4-9(19-11)14-3-2-8(12)13-10(14)17/h2-3,7,9,15-16H,4-6H2,1H3,(H2,12,13,17). The van der Waals surface area contributed by atoms with Crippen LogP contribution in [-0.4, -0.2) is 51.8 Å². The van der Waals surface area contributed by atoms with Crippen molar-refractivity contribution in [2.75, 3.05) is 26.1 Å². The predicted molar refractivity (Wildman–Crippen MR) is 65.3 cm³/mol. The number of methoxy groups -OCH3 is 1. The van der Waals surface area contributed by atoms with Crippen molar-refractivity contribution >= 4 is 5.82 Å². The normalized spacial score (nSPS) is 30.7. The zero-order chi connectivity index (χ0) is 14.0. The van der Waals surface area contributed by atoms with E-state index in [0.29, 0.717) is 0 Å². The Bertz CT molecular complexity index is 505. The van der Waals surface area contributed by atoms with Crippen molar-refractivity contribution in [1.82, 2.24) is 9.55 Å². The van der Waals surface area contributed by atoms with E-state index in [1.165, 1.54) is 23.9 Å². The molecule has 0 aliphatic carbocycles. The van der Waals surface area contributed by atoms with E-state index in [0.717, 1.165) is 0 Å². The lowest BCUT2D eigenvalue weighted by Crippen LogP contribution is -2.47. The molecule has 19 heavy (non-hydrogen) atoms. The lowest BCUT2D eigenvalue weighted by Gasteiger charge is -2.29. The Morgan fingerprint density at radius 1 is 1.74 bits per heavy atom. The first kappa shape index (κ1) is 13.9. The van der Waals surface area contributed by atoms with Crippen LogP contribution in [0.3, 0.4) is 0 Å². The third kappa shape index (κ3) is 2.47. The van der Waals surface area contributed by atoms with Gasteiger partial charge >= 0.3 is 5.69 Å². The Kier molecular flexibility index (Phi) is 3.85. The molecule has 0 amide bonds. The molecule has 2 heterocycles. The summed E-state index contributed by atoms with van der Waals surface area (Å²) >= 11 is 0. The Hall–Kier alpha value is -1.48. The molecule has 2 rings (SSSR count). The zero-order valence-corrected chi connectivity index (χ0v) is 10.5. The topological polar surface area (TPSA) is 120 Å². The molecule has 8 heteroatoms. The highest BCUT2D eigenvalue weighted by Crippen LogP contribution is 2.36. The molecule has 0 saturated carbocycles. The average molecular weight is 271 g/mol. The molecular weight excluding hydrogens is 254 g/mol. The molecule has 1 aromatic rings. The molecule has 0 aromatic carbocycles. The van der Waals surface area contributed by atoms with Crippen molar-refractivity contribution in [2.24, 2.45) is 0 Å². The molecular formula is C11H17N3O5.